The predicted molar refractivity (Wildman–Crippen MR) is 257 cm³/mol. The average molecular weight is 822 g/mol. The Morgan fingerprint density at radius 3 is 2.21 bits per heavy atom. The summed E-state index contributed by atoms with van der Waals surface area (Å²) in [5.74, 6) is 3.43. The molecule has 0 aromatic heterocycles. The maximum Gasteiger partial charge on any atom is 0.255 e. The molecule has 8 rings (SSSR count). The van der Waals surface area contributed by atoms with E-state index >= 15 is 4.39 Å². The first-order chi connectivity index (χ1) is 29.9. The summed E-state index contributed by atoms with van der Waals surface area (Å²) in [6.07, 6.45) is 15.4. The van der Waals surface area contributed by atoms with Crippen LogP contribution in [0.2, 0.25) is 0 Å². The number of unbranched alkanes of at least 4 members (excludes halogenated alkanes) is 2. The van der Waals surface area contributed by atoms with Crippen molar-refractivity contribution in [1.29, 1.82) is 0 Å². The quantitative estimate of drug-likeness (QED) is 0.0987. The van der Waals surface area contributed by atoms with Gasteiger partial charge in [0.05, 0.1) is 0 Å². The van der Waals surface area contributed by atoms with Gasteiger partial charge in [-0.3, -0.25) is 4.79 Å². The van der Waals surface area contributed by atoms with Crippen molar-refractivity contribution in [3.63, 3.8) is 0 Å². The Morgan fingerprint density at radius 1 is 0.839 bits per heavy atom. The molecule has 0 bridgehead atoms. The first-order valence-electron chi connectivity index (χ1n) is 22.8. The highest BCUT2D eigenvalue weighted by Gasteiger charge is 2.39. The van der Waals surface area contributed by atoms with Gasteiger partial charge in [0, 0.05) is 33.4 Å². The molecule has 0 aliphatic heterocycles. The van der Waals surface area contributed by atoms with Gasteiger partial charge in [0.15, 0.2) is 0 Å². The summed E-state index contributed by atoms with van der Waals surface area (Å²) in [4.78, 5) is 26.1. The topological polar surface area (TPSA) is 46.2 Å². The Balaban J connectivity index is 1.06. The molecular formula is C58H60FNO2. The van der Waals surface area contributed by atoms with Crippen LogP contribution in [-0.4, -0.2) is 11.8 Å². The van der Waals surface area contributed by atoms with Gasteiger partial charge in [-0.1, -0.05) is 143 Å². The van der Waals surface area contributed by atoms with Gasteiger partial charge in [0.2, 0.25) is 0 Å². The van der Waals surface area contributed by atoms with E-state index in [0.29, 0.717) is 29.0 Å². The zero-order valence-electron chi connectivity index (χ0n) is 37.3. The first kappa shape index (κ1) is 42.8. The Labute approximate surface area is 368 Å². The van der Waals surface area contributed by atoms with Crippen molar-refractivity contribution in [2.45, 2.75) is 116 Å². The van der Waals surface area contributed by atoms with E-state index in [4.69, 9.17) is 0 Å². The molecule has 1 atom stereocenters. The van der Waals surface area contributed by atoms with Crippen LogP contribution in [0.5, 0.6) is 0 Å². The minimum atomic E-state index is -0.758. The van der Waals surface area contributed by atoms with E-state index in [1.165, 1.54) is 63.0 Å². The Hall–Kier alpha value is -5.83. The van der Waals surface area contributed by atoms with E-state index in [1.807, 2.05) is 48.5 Å². The molecule has 2 aliphatic carbocycles. The van der Waals surface area contributed by atoms with Crippen molar-refractivity contribution in [2.75, 3.05) is 5.32 Å². The van der Waals surface area contributed by atoms with Crippen LogP contribution in [0.4, 0.5) is 10.1 Å². The number of allylic oxidation sites excluding steroid dienone is 2. The highest BCUT2D eigenvalue weighted by molar-refractivity contribution is 6.08. The number of nitrogens with one attached hydrogen (secondary N) is 1. The molecule has 0 spiro atoms. The number of carbonyl (C=O) groups excluding carboxylic acids is 2. The molecule has 0 heterocycles. The summed E-state index contributed by atoms with van der Waals surface area (Å²) >= 11 is 0. The second-order valence-corrected chi connectivity index (χ2v) is 18.9. The lowest BCUT2D eigenvalue weighted by molar-refractivity contribution is 0.102. The second-order valence-electron chi connectivity index (χ2n) is 18.9. The number of amides is 1. The van der Waals surface area contributed by atoms with Gasteiger partial charge in [-0.25, -0.2) is 9.18 Å². The third-order valence-electron chi connectivity index (χ3n) is 14.2. The van der Waals surface area contributed by atoms with Crippen molar-refractivity contribution in [3.8, 4) is 11.1 Å². The number of aryl methyl sites for hydroxylation is 2. The number of benzene rings is 6. The van der Waals surface area contributed by atoms with Crippen LogP contribution in [0, 0.1) is 25.6 Å². The number of hydrogen-bond acceptors (Lipinski definition) is 2. The normalized spacial score (nSPS) is 18.1. The molecule has 1 unspecified atom stereocenters. The van der Waals surface area contributed by atoms with Gasteiger partial charge >= 0.3 is 0 Å². The van der Waals surface area contributed by atoms with Crippen LogP contribution in [0.25, 0.3) is 33.5 Å². The summed E-state index contributed by atoms with van der Waals surface area (Å²) in [5.41, 5.74) is 11.3. The highest BCUT2D eigenvalue weighted by Crippen LogP contribution is 2.51. The zero-order valence-corrected chi connectivity index (χ0v) is 37.3. The summed E-state index contributed by atoms with van der Waals surface area (Å²) in [6, 6.07) is 38.0. The number of carbonyl (C=O) groups is 1. The molecule has 6 aromatic rings. The zero-order chi connectivity index (χ0) is 43.6. The molecule has 6 aromatic carbocycles. The molecule has 1 fully saturated rings. The average Bonchev–Trinajstić information content (AvgIpc) is 3.57. The molecule has 1 amide bonds. The van der Waals surface area contributed by atoms with Crippen molar-refractivity contribution in [3.05, 3.63) is 177 Å². The van der Waals surface area contributed by atoms with Crippen molar-refractivity contribution >= 4 is 40.0 Å². The van der Waals surface area contributed by atoms with Crippen LogP contribution in [0.1, 0.15) is 146 Å². The molecular weight excluding hydrogens is 762 g/mol. The van der Waals surface area contributed by atoms with Gasteiger partial charge in [-0.2, -0.15) is 0 Å². The fourth-order valence-electron chi connectivity index (χ4n) is 10.5. The molecule has 3 nitrogen and oxygen atoms in total. The maximum absolute atomic E-state index is 15.6. The molecule has 62 heavy (non-hydrogen) atoms. The van der Waals surface area contributed by atoms with E-state index in [-0.39, 0.29) is 17.1 Å². The van der Waals surface area contributed by atoms with E-state index in [2.05, 4.69) is 120 Å². The fraction of sp³-hybridized carbons (Fsp3) is 0.328. The lowest BCUT2D eigenvalue weighted by Gasteiger charge is -2.29. The van der Waals surface area contributed by atoms with Crippen molar-refractivity contribution in [1.82, 2.24) is 0 Å². The number of fused-ring (bicyclic) bond motifs is 3. The molecule has 4 heteroatoms. The Kier molecular flexibility index (Phi) is 12.4. The van der Waals surface area contributed by atoms with Gasteiger partial charge in [-0.05, 0) is 156 Å². The van der Waals surface area contributed by atoms with Gasteiger partial charge in [0.25, 0.3) is 5.91 Å². The molecule has 316 valence electrons. The first-order valence-corrected chi connectivity index (χ1v) is 22.8. The van der Waals surface area contributed by atoms with Crippen molar-refractivity contribution in [2.24, 2.45) is 5.92 Å². The van der Waals surface area contributed by atoms with E-state index < -0.39 is 5.41 Å². The summed E-state index contributed by atoms with van der Waals surface area (Å²) in [5, 5.41) is 5.18. The monoisotopic (exact) mass is 821 g/mol. The molecule has 0 radical (unpaired) electrons. The smallest absolute Gasteiger partial charge is 0.255 e. The maximum atomic E-state index is 15.6. The number of anilines is 1. The van der Waals surface area contributed by atoms with E-state index in [1.54, 1.807) is 6.07 Å². The van der Waals surface area contributed by atoms with Gasteiger partial charge in [0.1, 0.15) is 11.8 Å². The largest absolute Gasteiger partial charge is 0.322 e. The van der Waals surface area contributed by atoms with E-state index in [0.717, 1.165) is 66.9 Å². The third-order valence-corrected chi connectivity index (χ3v) is 14.2. The Morgan fingerprint density at radius 2 is 1.53 bits per heavy atom. The SMILES string of the molecule is CCCCCC1CCC(c2ccc(C(=O)Nc3ccc(-c4ccc5c(C)c(/C=C\C(C)(c6ccc(C)cc6)c6ccccc6F)c6c(c5c4)C(=C=O)CC6(C)C)cc3)cc2)CC1. The predicted octanol–water partition coefficient (Wildman–Crippen LogP) is 15.3. The minimum Gasteiger partial charge on any atom is -0.322 e. The number of hydrogen-bond donors (Lipinski definition) is 1. The molecule has 0 saturated heterocycles. The van der Waals surface area contributed by atoms with E-state index in [9.17, 15) is 9.59 Å². The summed E-state index contributed by atoms with van der Waals surface area (Å²) in [6.45, 7) is 12.9. The van der Waals surface area contributed by atoms with Crippen LogP contribution < -0.4 is 5.32 Å². The van der Waals surface area contributed by atoms with Gasteiger partial charge in [-0.15, -0.1) is 0 Å². The fourth-order valence-corrected chi connectivity index (χ4v) is 10.5. The van der Waals surface area contributed by atoms with Crippen LogP contribution in [0.15, 0.2) is 121 Å². The van der Waals surface area contributed by atoms with Crippen molar-refractivity contribution < 1.29 is 14.0 Å². The lowest BCUT2D eigenvalue weighted by Crippen LogP contribution is -2.22. The number of halogens is 1. The lowest BCUT2D eigenvalue weighted by atomic mass is 9.74. The standard InChI is InChI=1S/C58H60FNO2/c1-7-8-9-12-40-17-19-41(20-18-40)42-21-23-44(24-22-42)56(62)60-48-30-25-43(26-31-48)45-27-32-49-39(3)50(55-54(51(49)35-45)46(37-61)36-57(55,4)5)33-34-58(6,47-28-15-38(2)16-29-47)52-13-10-11-14-53(52)59/h10-11,13-16,21-35,40-41H,7-9,12,17-20,36H2,1-6H3,(H,60,62)/b34-33-. The summed E-state index contributed by atoms with van der Waals surface area (Å²) < 4.78 is 15.6. The van der Waals surface area contributed by atoms with Crippen LogP contribution >= 0.6 is 0 Å². The van der Waals surface area contributed by atoms with Crippen LogP contribution in [0.3, 0.4) is 0 Å². The van der Waals surface area contributed by atoms with Crippen LogP contribution in [-0.2, 0) is 15.6 Å². The third kappa shape index (κ3) is 8.51. The summed E-state index contributed by atoms with van der Waals surface area (Å²) in [7, 11) is 0. The number of rotatable bonds is 12. The highest BCUT2D eigenvalue weighted by atomic mass is 19.1. The van der Waals surface area contributed by atoms with Gasteiger partial charge < -0.3 is 5.32 Å². The molecule has 1 saturated carbocycles. The molecule has 2 aliphatic rings. The minimum absolute atomic E-state index is 0.116. The molecule has 1 N–H and O–H groups in total. The second kappa shape index (κ2) is 17.9. The Bertz CT molecular complexity index is 2670.